The van der Waals surface area contributed by atoms with E-state index in [0.29, 0.717) is 16.8 Å². The minimum atomic E-state index is -0.0640. The molecule has 0 saturated carbocycles. The van der Waals surface area contributed by atoms with Gasteiger partial charge in [-0.25, -0.2) is 0 Å². The molecule has 5 nitrogen and oxygen atoms in total. The van der Waals surface area contributed by atoms with Crippen LogP contribution in [0.2, 0.25) is 0 Å². The lowest BCUT2D eigenvalue weighted by Gasteiger charge is -2.13. The molecule has 5 heteroatoms. The summed E-state index contributed by atoms with van der Waals surface area (Å²) in [4.78, 5) is 13.3. The molecule has 26 heavy (non-hydrogen) atoms. The highest BCUT2D eigenvalue weighted by atomic mass is 16.1. The van der Waals surface area contributed by atoms with E-state index in [1.807, 2.05) is 79.4 Å². The third-order valence-corrected chi connectivity index (χ3v) is 4.31. The zero-order valence-corrected chi connectivity index (χ0v) is 14.7. The fourth-order valence-electron chi connectivity index (χ4n) is 3.06. The maximum atomic E-state index is 13.3. The largest absolute Gasteiger partial charge is 0.316 e. The van der Waals surface area contributed by atoms with Crippen molar-refractivity contribution in [1.29, 1.82) is 0 Å². The Kier molecular flexibility index (Phi) is 3.94. The Morgan fingerprint density at radius 1 is 1.04 bits per heavy atom. The molecule has 0 unspecified atom stereocenters. The van der Waals surface area contributed by atoms with Gasteiger partial charge in [0.15, 0.2) is 0 Å². The van der Waals surface area contributed by atoms with Crippen LogP contribution in [-0.2, 0) is 13.5 Å². The summed E-state index contributed by atoms with van der Waals surface area (Å²) >= 11 is 0. The lowest BCUT2D eigenvalue weighted by molar-refractivity contribution is 0.764. The van der Waals surface area contributed by atoms with Gasteiger partial charge in [0.05, 0.1) is 5.56 Å². The molecular formula is C21H18N4O. The summed E-state index contributed by atoms with van der Waals surface area (Å²) in [5.41, 5.74) is 3.71. The van der Waals surface area contributed by atoms with Gasteiger partial charge in [0, 0.05) is 37.0 Å². The minimum Gasteiger partial charge on any atom is -0.316 e. The molecule has 0 saturated heterocycles. The van der Waals surface area contributed by atoms with Crippen LogP contribution in [0.4, 0.5) is 0 Å². The van der Waals surface area contributed by atoms with E-state index in [-0.39, 0.29) is 5.56 Å². The first-order chi connectivity index (χ1) is 12.7. The second-order valence-electron chi connectivity index (χ2n) is 6.06. The molecule has 0 amide bonds. The minimum absolute atomic E-state index is 0.0640. The Balaban J connectivity index is 1.93. The van der Waals surface area contributed by atoms with E-state index in [0.717, 1.165) is 17.8 Å². The number of aryl methyl sites for hydroxylation is 2. The summed E-state index contributed by atoms with van der Waals surface area (Å²) in [6.07, 6.45) is 6.48. The number of rotatable bonds is 2. The van der Waals surface area contributed by atoms with Gasteiger partial charge in [-0.3, -0.25) is 14.0 Å². The number of fused-ring (bicyclic) bond motifs is 1. The van der Waals surface area contributed by atoms with E-state index in [1.54, 1.807) is 9.25 Å². The molecule has 0 aliphatic heterocycles. The van der Waals surface area contributed by atoms with Crippen LogP contribution in [0.5, 0.6) is 0 Å². The molecular weight excluding hydrogens is 324 g/mol. The zero-order valence-electron chi connectivity index (χ0n) is 14.7. The Hall–Kier alpha value is -3.52. The van der Waals surface area contributed by atoms with Gasteiger partial charge in [0.1, 0.15) is 11.2 Å². The van der Waals surface area contributed by atoms with Gasteiger partial charge >= 0.3 is 0 Å². The van der Waals surface area contributed by atoms with Crippen LogP contribution in [0.3, 0.4) is 0 Å². The molecule has 0 aliphatic carbocycles. The summed E-state index contributed by atoms with van der Waals surface area (Å²) in [6, 6.07) is 13.4. The number of nitrogens with zero attached hydrogens (tertiary/aromatic N) is 4. The molecule has 128 valence electrons. The third kappa shape index (κ3) is 2.72. The summed E-state index contributed by atoms with van der Waals surface area (Å²) in [5, 5.41) is 4.26. The smallest absolute Gasteiger partial charge is 0.280 e. The summed E-state index contributed by atoms with van der Waals surface area (Å²) in [5.74, 6) is 6.13. The van der Waals surface area contributed by atoms with Crippen LogP contribution < -0.4 is 5.56 Å². The van der Waals surface area contributed by atoms with Crippen molar-refractivity contribution in [2.75, 3.05) is 0 Å². The van der Waals surface area contributed by atoms with E-state index in [2.05, 4.69) is 16.9 Å². The highest BCUT2D eigenvalue weighted by Gasteiger charge is 2.13. The Labute approximate surface area is 151 Å². The summed E-state index contributed by atoms with van der Waals surface area (Å²) < 4.78 is 5.34. The van der Waals surface area contributed by atoms with Gasteiger partial charge in [-0.05, 0) is 36.6 Å². The van der Waals surface area contributed by atoms with Crippen LogP contribution in [-0.4, -0.2) is 18.7 Å². The quantitative estimate of drug-likeness (QED) is 0.526. The van der Waals surface area contributed by atoms with Gasteiger partial charge in [-0.2, -0.15) is 5.10 Å². The average molecular weight is 342 g/mol. The third-order valence-electron chi connectivity index (χ3n) is 4.31. The normalized spacial score (nSPS) is 10.7. The molecule has 0 fully saturated rings. The molecule has 4 aromatic rings. The van der Waals surface area contributed by atoms with Gasteiger partial charge in [-0.15, -0.1) is 0 Å². The predicted molar refractivity (Wildman–Crippen MR) is 102 cm³/mol. The number of hydrogen-bond donors (Lipinski definition) is 0. The van der Waals surface area contributed by atoms with Gasteiger partial charge in [0.25, 0.3) is 5.56 Å². The summed E-state index contributed by atoms with van der Waals surface area (Å²) in [7, 11) is 1.85. The van der Waals surface area contributed by atoms with Crippen molar-refractivity contribution in [2.45, 2.75) is 13.3 Å². The van der Waals surface area contributed by atoms with Crippen molar-refractivity contribution < 1.29 is 0 Å². The van der Waals surface area contributed by atoms with E-state index >= 15 is 0 Å². The maximum Gasteiger partial charge on any atom is 0.280 e. The fraction of sp³-hybridized carbons (Fsp3) is 0.143. The van der Waals surface area contributed by atoms with E-state index < -0.39 is 0 Å². The molecule has 0 aliphatic rings. The lowest BCUT2D eigenvalue weighted by atomic mass is 10.2. The lowest BCUT2D eigenvalue weighted by Crippen LogP contribution is -2.24. The summed E-state index contributed by atoms with van der Waals surface area (Å²) in [6.45, 7) is 2.05. The standard InChI is InChI=1S/C21H18N4O/c1-3-18-15-24-14-11-16(9-10-17-12-13-23(2)22-17)20(24)21(26)25(18)19-7-5-4-6-8-19/h4-8,11-15H,3H2,1-2H3. The first-order valence-corrected chi connectivity index (χ1v) is 8.50. The molecule has 0 atom stereocenters. The van der Waals surface area contributed by atoms with E-state index in [1.165, 1.54) is 0 Å². The molecule has 0 bridgehead atoms. The molecule has 0 spiro atoms. The van der Waals surface area contributed by atoms with Crippen LogP contribution in [0.1, 0.15) is 23.9 Å². The van der Waals surface area contributed by atoms with Crippen LogP contribution in [0.15, 0.2) is 65.8 Å². The Morgan fingerprint density at radius 2 is 1.85 bits per heavy atom. The van der Waals surface area contributed by atoms with Crippen molar-refractivity contribution >= 4 is 5.52 Å². The molecule has 0 radical (unpaired) electrons. The van der Waals surface area contributed by atoms with Crippen molar-refractivity contribution in [3.05, 3.63) is 88.4 Å². The van der Waals surface area contributed by atoms with Gasteiger partial charge in [-0.1, -0.05) is 31.0 Å². The molecule has 0 N–H and O–H groups in total. The molecule has 3 heterocycles. The molecule has 4 rings (SSSR count). The number of benzene rings is 1. The van der Waals surface area contributed by atoms with Gasteiger partial charge < -0.3 is 4.40 Å². The van der Waals surface area contributed by atoms with Crippen LogP contribution in [0, 0.1) is 11.8 Å². The first-order valence-electron chi connectivity index (χ1n) is 8.50. The monoisotopic (exact) mass is 342 g/mol. The van der Waals surface area contributed by atoms with Crippen LogP contribution >= 0.6 is 0 Å². The first kappa shape index (κ1) is 16.0. The topological polar surface area (TPSA) is 44.2 Å². The maximum absolute atomic E-state index is 13.3. The Morgan fingerprint density at radius 3 is 2.54 bits per heavy atom. The second kappa shape index (κ2) is 6.41. The Bertz CT molecular complexity index is 1200. The predicted octanol–water partition coefficient (Wildman–Crippen LogP) is 2.79. The van der Waals surface area contributed by atoms with Crippen molar-refractivity contribution in [3.63, 3.8) is 0 Å². The van der Waals surface area contributed by atoms with E-state index in [4.69, 9.17) is 0 Å². The number of para-hydroxylation sites is 1. The van der Waals surface area contributed by atoms with Crippen molar-refractivity contribution in [2.24, 2.45) is 7.05 Å². The SMILES string of the molecule is CCc1cn2ccc(C#Cc3ccn(C)n3)c2c(=O)n1-c1ccccc1. The van der Waals surface area contributed by atoms with Gasteiger partial charge in [0.2, 0.25) is 0 Å². The average Bonchev–Trinajstić information content (AvgIpc) is 3.26. The van der Waals surface area contributed by atoms with Crippen molar-refractivity contribution in [1.82, 2.24) is 18.7 Å². The molecule has 1 aromatic carbocycles. The number of hydrogen-bond acceptors (Lipinski definition) is 2. The number of aromatic nitrogens is 4. The van der Waals surface area contributed by atoms with Crippen molar-refractivity contribution in [3.8, 4) is 17.5 Å². The zero-order chi connectivity index (χ0) is 18.1. The molecule has 3 aromatic heterocycles. The highest BCUT2D eigenvalue weighted by Crippen LogP contribution is 2.14. The highest BCUT2D eigenvalue weighted by molar-refractivity contribution is 5.63. The van der Waals surface area contributed by atoms with Crippen LogP contribution in [0.25, 0.3) is 11.2 Å². The fourth-order valence-corrected chi connectivity index (χ4v) is 3.06. The second-order valence-corrected chi connectivity index (χ2v) is 6.06. The van der Waals surface area contributed by atoms with E-state index in [9.17, 15) is 4.79 Å².